The van der Waals surface area contributed by atoms with E-state index in [1.54, 1.807) is 0 Å². The largest absolute Gasteiger partial charge is 0.436 e. The molecule has 1 aliphatic rings. The summed E-state index contributed by atoms with van der Waals surface area (Å²) in [4.78, 5) is 34.5. The zero-order chi connectivity index (χ0) is 21.6. The molecule has 2 aromatic heterocycles. The Kier molecular flexibility index (Phi) is 4.38. The summed E-state index contributed by atoms with van der Waals surface area (Å²) in [5, 5.41) is 0. The first-order valence-electron chi connectivity index (χ1n) is 8.56. The Bertz CT molecular complexity index is 1240. The normalized spacial score (nSPS) is 14.7. The van der Waals surface area contributed by atoms with Crippen LogP contribution in [0, 0.1) is 0 Å². The first-order valence-corrected chi connectivity index (χ1v) is 8.56. The van der Waals surface area contributed by atoms with Crippen LogP contribution in [0.15, 0.2) is 77.5 Å². The molecular formula is C21H12F3N3O3. The highest BCUT2D eigenvalue weighted by Crippen LogP contribution is 2.37. The number of rotatable bonds is 4. The van der Waals surface area contributed by atoms with Crippen molar-refractivity contribution in [1.29, 1.82) is 0 Å². The Morgan fingerprint density at radius 1 is 1.03 bits per heavy atom. The fourth-order valence-electron chi connectivity index (χ4n) is 3.14. The summed E-state index contributed by atoms with van der Waals surface area (Å²) in [7, 11) is 0. The van der Waals surface area contributed by atoms with Gasteiger partial charge in [-0.2, -0.15) is 13.2 Å². The number of fused-ring (bicyclic) bond motifs is 1. The van der Waals surface area contributed by atoms with Crippen molar-refractivity contribution in [2.75, 3.05) is 4.90 Å². The highest BCUT2D eigenvalue weighted by molar-refractivity contribution is 6.35. The van der Waals surface area contributed by atoms with Crippen LogP contribution in [0.4, 0.5) is 18.9 Å². The molecule has 1 aliphatic heterocycles. The van der Waals surface area contributed by atoms with Crippen LogP contribution in [-0.2, 0) is 15.8 Å². The van der Waals surface area contributed by atoms with Gasteiger partial charge in [-0.15, -0.1) is 0 Å². The minimum Gasteiger partial charge on any atom is -0.436 e. The zero-order valence-electron chi connectivity index (χ0n) is 15.2. The average Bonchev–Trinajstić information content (AvgIpc) is 3.24. The summed E-state index contributed by atoms with van der Waals surface area (Å²) >= 11 is 0. The third-order valence-electron chi connectivity index (χ3n) is 4.55. The SMILES string of the molecule is C=CC1=C(C=C)C(=O)N(c2cnccc2-c2nc3cc(C(F)(F)F)ccc3o2)C1=O. The third kappa shape index (κ3) is 2.91. The zero-order valence-corrected chi connectivity index (χ0v) is 15.2. The van der Waals surface area contributed by atoms with Gasteiger partial charge in [-0.05, 0) is 24.3 Å². The summed E-state index contributed by atoms with van der Waals surface area (Å²) in [6.45, 7) is 7.10. The minimum absolute atomic E-state index is 0.0154. The Labute approximate surface area is 167 Å². The number of carbonyl (C=O) groups excluding carboxylic acids is 2. The van der Waals surface area contributed by atoms with Crippen molar-refractivity contribution >= 4 is 28.6 Å². The van der Waals surface area contributed by atoms with Crippen LogP contribution in [0.25, 0.3) is 22.6 Å². The van der Waals surface area contributed by atoms with Crippen LogP contribution in [0.5, 0.6) is 0 Å². The lowest BCUT2D eigenvalue weighted by Gasteiger charge is -2.16. The lowest BCUT2D eigenvalue weighted by molar-refractivity contribution is -0.137. The number of oxazole rings is 1. The highest BCUT2D eigenvalue weighted by atomic mass is 19.4. The van der Waals surface area contributed by atoms with E-state index in [9.17, 15) is 22.8 Å². The molecule has 0 radical (unpaired) electrons. The van der Waals surface area contributed by atoms with Crippen LogP contribution in [0.2, 0.25) is 0 Å². The summed E-state index contributed by atoms with van der Waals surface area (Å²) in [6.07, 6.45) is 0.637. The topological polar surface area (TPSA) is 76.3 Å². The Morgan fingerprint density at radius 2 is 1.70 bits per heavy atom. The van der Waals surface area contributed by atoms with Crippen LogP contribution in [-0.4, -0.2) is 21.8 Å². The molecule has 4 rings (SSSR count). The first kappa shape index (κ1) is 19.3. The number of nitrogens with zero attached hydrogens (tertiary/aromatic N) is 3. The molecule has 0 atom stereocenters. The number of benzene rings is 1. The molecule has 3 aromatic rings. The van der Waals surface area contributed by atoms with Crippen LogP contribution in [0.1, 0.15) is 5.56 Å². The molecule has 9 heteroatoms. The van der Waals surface area contributed by atoms with Crippen molar-refractivity contribution in [2.45, 2.75) is 6.18 Å². The number of hydrogen-bond acceptors (Lipinski definition) is 5. The second-order valence-corrected chi connectivity index (χ2v) is 6.27. The molecule has 30 heavy (non-hydrogen) atoms. The van der Waals surface area contributed by atoms with E-state index in [0.29, 0.717) is 0 Å². The number of alkyl halides is 3. The molecule has 0 unspecified atom stereocenters. The average molecular weight is 411 g/mol. The molecule has 150 valence electrons. The van der Waals surface area contributed by atoms with E-state index in [1.807, 2.05) is 0 Å². The Hall–Kier alpha value is -4.01. The number of anilines is 1. The molecule has 0 aliphatic carbocycles. The van der Waals surface area contributed by atoms with Crippen molar-refractivity contribution in [3.05, 3.63) is 78.7 Å². The Balaban J connectivity index is 1.84. The molecule has 2 amide bonds. The second kappa shape index (κ2) is 6.80. The molecule has 0 saturated heterocycles. The van der Waals surface area contributed by atoms with Gasteiger partial charge in [0, 0.05) is 6.20 Å². The molecule has 0 fully saturated rings. The van der Waals surface area contributed by atoms with E-state index in [1.165, 1.54) is 30.6 Å². The first-order chi connectivity index (χ1) is 14.3. The summed E-state index contributed by atoms with van der Waals surface area (Å²) in [5.41, 5.74) is -0.314. The van der Waals surface area contributed by atoms with Crippen molar-refractivity contribution in [3.8, 4) is 11.5 Å². The van der Waals surface area contributed by atoms with Crippen LogP contribution < -0.4 is 4.90 Å². The maximum atomic E-state index is 13.0. The van der Waals surface area contributed by atoms with Gasteiger partial charge in [0.15, 0.2) is 5.58 Å². The number of imide groups is 1. The molecule has 0 bridgehead atoms. The number of carbonyl (C=O) groups is 2. The molecular weight excluding hydrogens is 399 g/mol. The maximum Gasteiger partial charge on any atom is 0.416 e. The number of pyridine rings is 1. The van der Waals surface area contributed by atoms with Gasteiger partial charge in [-0.25, -0.2) is 9.88 Å². The van der Waals surface area contributed by atoms with Crippen molar-refractivity contribution in [2.24, 2.45) is 0 Å². The van der Waals surface area contributed by atoms with E-state index in [2.05, 4.69) is 23.1 Å². The third-order valence-corrected chi connectivity index (χ3v) is 4.55. The van der Waals surface area contributed by atoms with E-state index in [4.69, 9.17) is 4.42 Å². The smallest absolute Gasteiger partial charge is 0.416 e. The van der Waals surface area contributed by atoms with Gasteiger partial charge in [0.05, 0.1) is 34.2 Å². The summed E-state index contributed by atoms with van der Waals surface area (Å²) < 4.78 is 44.5. The van der Waals surface area contributed by atoms with Crippen molar-refractivity contribution in [3.63, 3.8) is 0 Å². The predicted molar refractivity (Wildman–Crippen MR) is 102 cm³/mol. The molecule has 0 N–H and O–H groups in total. The van der Waals surface area contributed by atoms with Gasteiger partial charge in [-0.1, -0.05) is 25.3 Å². The summed E-state index contributed by atoms with van der Waals surface area (Å²) in [6, 6.07) is 4.36. The van der Waals surface area contributed by atoms with Gasteiger partial charge >= 0.3 is 6.18 Å². The standard InChI is InChI=1S/C21H12F3N3O3/c1-3-12-13(4-2)20(29)27(19(12)28)16-10-25-8-7-14(16)18-26-15-9-11(21(22,23)24)5-6-17(15)30-18/h3-10H,1-2H2. The maximum absolute atomic E-state index is 13.0. The second-order valence-electron chi connectivity index (χ2n) is 6.27. The number of hydrogen-bond donors (Lipinski definition) is 0. The van der Waals surface area contributed by atoms with Gasteiger partial charge in [0.1, 0.15) is 5.52 Å². The predicted octanol–water partition coefficient (Wildman–Crippen LogP) is 4.45. The van der Waals surface area contributed by atoms with Gasteiger partial charge in [-0.3, -0.25) is 14.6 Å². The van der Waals surface area contributed by atoms with Crippen LogP contribution >= 0.6 is 0 Å². The number of amides is 2. The Morgan fingerprint density at radius 3 is 2.30 bits per heavy atom. The monoisotopic (exact) mass is 411 g/mol. The van der Waals surface area contributed by atoms with Crippen molar-refractivity contribution in [1.82, 2.24) is 9.97 Å². The fourth-order valence-corrected chi connectivity index (χ4v) is 3.14. The minimum atomic E-state index is -4.53. The molecule has 3 heterocycles. The van der Waals surface area contributed by atoms with Gasteiger partial charge in [0.25, 0.3) is 11.8 Å². The van der Waals surface area contributed by atoms with E-state index in [0.717, 1.165) is 23.1 Å². The van der Waals surface area contributed by atoms with E-state index >= 15 is 0 Å². The molecule has 1 aromatic carbocycles. The molecule has 0 spiro atoms. The quantitative estimate of drug-likeness (QED) is 0.593. The van der Waals surface area contributed by atoms with E-state index < -0.39 is 23.6 Å². The number of halogens is 3. The van der Waals surface area contributed by atoms with E-state index in [-0.39, 0.29) is 39.4 Å². The highest BCUT2D eigenvalue weighted by Gasteiger charge is 2.38. The van der Waals surface area contributed by atoms with Crippen molar-refractivity contribution < 1.29 is 27.2 Å². The summed E-state index contributed by atoms with van der Waals surface area (Å²) in [5.74, 6) is -1.32. The molecule has 6 nitrogen and oxygen atoms in total. The van der Waals surface area contributed by atoms with Crippen LogP contribution in [0.3, 0.4) is 0 Å². The van der Waals surface area contributed by atoms with Gasteiger partial charge in [0.2, 0.25) is 5.89 Å². The fraction of sp³-hybridized carbons (Fsp3) is 0.0476. The lowest BCUT2D eigenvalue weighted by atomic mass is 10.1. The lowest BCUT2D eigenvalue weighted by Crippen LogP contribution is -2.32. The molecule has 0 saturated carbocycles. The van der Waals surface area contributed by atoms with Gasteiger partial charge < -0.3 is 4.42 Å². The number of aromatic nitrogens is 2.